The molecule has 1 unspecified atom stereocenters. The number of nitrogens with one attached hydrogen (secondary N) is 2. The summed E-state index contributed by atoms with van der Waals surface area (Å²) in [6.45, 7) is 6.19. The maximum atomic E-state index is 12.3. The van der Waals surface area contributed by atoms with Crippen LogP contribution in [0.5, 0.6) is 11.5 Å². The predicted molar refractivity (Wildman–Crippen MR) is 101 cm³/mol. The van der Waals surface area contributed by atoms with E-state index in [1.165, 1.54) is 7.11 Å². The normalized spacial score (nSPS) is 11.4. The Labute approximate surface area is 153 Å². The lowest BCUT2D eigenvalue weighted by molar-refractivity contribution is -0.136. The van der Waals surface area contributed by atoms with Gasteiger partial charge in [-0.1, -0.05) is 29.8 Å². The van der Waals surface area contributed by atoms with Crippen molar-refractivity contribution in [2.75, 3.05) is 19.0 Å². The first-order valence-corrected chi connectivity index (χ1v) is 8.44. The molecule has 2 amide bonds. The number of rotatable bonds is 6. The zero-order chi connectivity index (χ0) is 19.1. The van der Waals surface area contributed by atoms with Crippen molar-refractivity contribution in [3.05, 3.63) is 53.6 Å². The second-order valence-electron chi connectivity index (χ2n) is 5.82. The maximum absolute atomic E-state index is 12.3. The number of aryl methyl sites for hydroxylation is 1. The van der Waals surface area contributed by atoms with Crippen LogP contribution in [0.3, 0.4) is 0 Å². The van der Waals surface area contributed by atoms with Crippen LogP contribution in [0, 0.1) is 6.92 Å². The average Bonchev–Trinajstić information content (AvgIpc) is 2.63. The molecule has 2 N–H and O–H groups in total. The summed E-state index contributed by atoms with van der Waals surface area (Å²) in [6.07, 6.45) is 0. The lowest BCUT2D eigenvalue weighted by Gasteiger charge is -2.18. The van der Waals surface area contributed by atoms with Crippen LogP contribution in [0.1, 0.15) is 31.0 Å². The zero-order valence-corrected chi connectivity index (χ0v) is 15.5. The minimum absolute atomic E-state index is 0.382. The van der Waals surface area contributed by atoms with Crippen LogP contribution < -0.4 is 20.1 Å². The highest BCUT2D eigenvalue weighted by molar-refractivity contribution is 6.39. The number of hydrogen-bond donors (Lipinski definition) is 2. The van der Waals surface area contributed by atoms with E-state index >= 15 is 0 Å². The minimum atomic E-state index is -0.757. The van der Waals surface area contributed by atoms with Crippen molar-refractivity contribution in [3.63, 3.8) is 0 Å². The van der Waals surface area contributed by atoms with Crippen molar-refractivity contribution in [1.29, 1.82) is 0 Å². The SMILES string of the molecule is CCOc1ccc(C)cc1C(C)NC(=O)C(=O)Nc1ccccc1OC. The fraction of sp³-hybridized carbons (Fsp3) is 0.300. The molecule has 6 nitrogen and oxygen atoms in total. The van der Waals surface area contributed by atoms with Crippen molar-refractivity contribution in [2.24, 2.45) is 0 Å². The van der Waals surface area contributed by atoms with Gasteiger partial charge in [0, 0.05) is 5.56 Å². The highest BCUT2D eigenvalue weighted by Crippen LogP contribution is 2.27. The van der Waals surface area contributed by atoms with Gasteiger partial charge in [0.25, 0.3) is 0 Å². The van der Waals surface area contributed by atoms with Gasteiger partial charge in [-0.3, -0.25) is 9.59 Å². The molecule has 0 aliphatic carbocycles. The van der Waals surface area contributed by atoms with Crippen molar-refractivity contribution in [2.45, 2.75) is 26.8 Å². The lowest BCUT2D eigenvalue weighted by Crippen LogP contribution is -2.37. The summed E-state index contributed by atoms with van der Waals surface area (Å²) < 4.78 is 10.8. The molecule has 26 heavy (non-hydrogen) atoms. The van der Waals surface area contributed by atoms with Gasteiger partial charge in [-0.25, -0.2) is 0 Å². The summed E-state index contributed by atoms with van der Waals surface area (Å²) in [5.74, 6) is -0.311. The van der Waals surface area contributed by atoms with Crippen LogP contribution in [0.25, 0.3) is 0 Å². The summed E-state index contributed by atoms with van der Waals surface area (Å²) in [4.78, 5) is 24.5. The molecule has 0 bridgehead atoms. The van der Waals surface area contributed by atoms with Gasteiger partial charge in [0.1, 0.15) is 11.5 Å². The van der Waals surface area contributed by atoms with E-state index in [4.69, 9.17) is 9.47 Å². The summed E-state index contributed by atoms with van der Waals surface area (Å²) in [6, 6.07) is 12.3. The summed E-state index contributed by atoms with van der Waals surface area (Å²) >= 11 is 0. The summed E-state index contributed by atoms with van der Waals surface area (Å²) in [7, 11) is 1.50. The largest absolute Gasteiger partial charge is 0.495 e. The molecule has 138 valence electrons. The molecular weight excluding hydrogens is 332 g/mol. The van der Waals surface area contributed by atoms with E-state index in [0.29, 0.717) is 23.8 Å². The third-order valence-electron chi connectivity index (χ3n) is 3.84. The fourth-order valence-corrected chi connectivity index (χ4v) is 2.56. The molecule has 2 aromatic carbocycles. The van der Waals surface area contributed by atoms with Gasteiger partial charge in [-0.15, -0.1) is 0 Å². The Morgan fingerprint density at radius 2 is 1.81 bits per heavy atom. The molecule has 2 rings (SSSR count). The molecule has 0 radical (unpaired) electrons. The van der Waals surface area contributed by atoms with Gasteiger partial charge in [0.2, 0.25) is 0 Å². The third kappa shape index (κ3) is 4.75. The number of carbonyl (C=O) groups is 2. The maximum Gasteiger partial charge on any atom is 0.313 e. The number of benzene rings is 2. The van der Waals surface area contributed by atoms with Gasteiger partial charge in [0.15, 0.2) is 0 Å². The number of hydrogen-bond acceptors (Lipinski definition) is 4. The molecule has 0 saturated carbocycles. The first-order valence-electron chi connectivity index (χ1n) is 8.44. The highest BCUT2D eigenvalue weighted by atomic mass is 16.5. The van der Waals surface area contributed by atoms with Gasteiger partial charge < -0.3 is 20.1 Å². The first kappa shape index (κ1) is 19.3. The molecule has 2 aromatic rings. The smallest absolute Gasteiger partial charge is 0.313 e. The van der Waals surface area contributed by atoms with Crippen LogP contribution in [-0.4, -0.2) is 25.5 Å². The molecule has 0 fully saturated rings. The fourth-order valence-electron chi connectivity index (χ4n) is 2.56. The van der Waals surface area contributed by atoms with Crippen LogP contribution >= 0.6 is 0 Å². The van der Waals surface area contributed by atoms with E-state index in [1.807, 2.05) is 39.0 Å². The Balaban J connectivity index is 2.09. The third-order valence-corrected chi connectivity index (χ3v) is 3.84. The van der Waals surface area contributed by atoms with Crippen LogP contribution in [0.2, 0.25) is 0 Å². The molecule has 6 heteroatoms. The highest BCUT2D eigenvalue weighted by Gasteiger charge is 2.20. The number of ether oxygens (including phenoxy) is 2. The van der Waals surface area contributed by atoms with Crippen LogP contribution in [0.4, 0.5) is 5.69 Å². The molecule has 0 aliphatic rings. The molecule has 1 atom stereocenters. The van der Waals surface area contributed by atoms with E-state index in [-0.39, 0.29) is 6.04 Å². The minimum Gasteiger partial charge on any atom is -0.495 e. The van der Waals surface area contributed by atoms with Gasteiger partial charge in [-0.05, 0) is 39.0 Å². The molecule has 0 saturated heterocycles. The lowest BCUT2D eigenvalue weighted by atomic mass is 10.0. The molecular formula is C20H24N2O4. The molecule has 0 spiro atoms. The summed E-state index contributed by atoms with van der Waals surface area (Å²) in [5.41, 5.74) is 2.31. The zero-order valence-electron chi connectivity index (χ0n) is 15.5. The first-order chi connectivity index (χ1) is 12.5. The van der Waals surface area contributed by atoms with Crippen molar-refractivity contribution >= 4 is 17.5 Å². The number of methoxy groups -OCH3 is 1. The second-order valence-corrected chi connectivity index (χ2v) is 5.82. The standard InChI is InChI=1S/C20H24N2O4/c1-5-26-17-11-10-13(2)12-15(17)14(3)21-19(23)20(24)22-16-8-6-7-9-18(16)25-4/h6-12,14H,5H2,1-4H3,(H,21,23)(H,22,24). The van der Waals surface area contributed by atoms with Crippen molar-refractivity contribution in [3.8, 4) is 11.5 Å². The van der Waals surface area contributed by atoms with Gasteiger partial charge >= 0.3 is 11.8 Å². The average molecular weight is 356 g/mol. The molecule has 0 heterocycles. The van der Waals surface area contributed by atoms with Crippen LogP contribution in [0.15, 0.2) is 42.5 Å². The van der Waals surface area contributed by atoms with E-state index in [9.17, 15) is 9.59 Å². The van der Waals surface area contributed by atoms with Gasteiger partial charge in [0.05, 0.1) is 25.4 Å². The van der Waals surface area contributed by atoms with Crippen LogP contribution in [-0.2, 0) is 9.59 Å². The van der Waals surface area contributed by atoms with Crippen molar-refractivity contribution < 1.29 is 19.1 Å². The van der Waals surface area contributed by atoms with E-state index in [0.717, 1.165) is 11.1 Å². The Hall–Kier alpha value is -3.02. The Morgan fingerprint density at radius 1 is 1.08 bits per heavy atom. The topological polar surface area (TPSA) is 76.7 Å². The number of carbonyl (C=O) groups excluding carboxylic acids is 2. The van der Waals surface area contributed by atoms with E-state index < -0.39 is 11.8 Å². The second kappa shape index (κ2) is 8.89. The predicted octanol–water partition coefficient (Wildman–Crippen LogP) is 3.22. The molecule has 0 aromatic heterocycles. The summed E-state index contributed by atoms with van der Waals surface area (Å²) in [5, 5.41) is 5.27. The van der Waals surface area contributed by atoms with E-state index in [1.54, 1.807) is 24.3 Å². The Morgan fingerprint density at radius 3 is 2.50 bits per heavy atom. The number of amides is 2. The quantitative estimate of drug-likeness (QED) is 0.779. The Kier molecular flexibility index (Phi) is 6.60. The number of anilines is 1. The Bertz CT molecular complexity index is 789. The van der Waals surface area contributed by atoms with E-state index in [2.05, 4.69) is 10.6 Å². The van der Waals surface area contributed by atoms with Gasteiger partial charge in [-0.2, -0.15) is 0 Å². The number of para-hydroxylation sites is 2. The monoisotopic (exact) mass is 356 g/mol. The molecule has 0 aliphatic heterocycles. The van der Waals surface area contributed by atoms with Crippen molar-refractivity contribution in [1.82, 2.24) is 5.32 Å².